The minimum Gasteiger partial charge on any atom is -0.382 e. The van der Waals surface area contributed by atoms with Crippen molar-refractivity contribution in [3.63, 3.8) is 0 Å². The summed E-state index contributed by atoms with van der Waals surface area (Å²) in [7, 11) is 1.59. The zero-order chi connectivity index (χ0) is 6.24. The highest BCUT2D eigenvalue weighted by molar-refractivity contribution is 5.75. The normalized spacial score (nSPS) is 8.11. The number of hydrogen-bond acceptors (Lipinski definition) is 3. The van der Waals surface area contributed by atoms with Crippen molar-refractivity contribution in [2.75, 3.05) is 26.9 Å². The van der Waals surface area contributed by atoms with Gasteiger partial charge < -0.3 is 14.3 Å². The van der Waals surface area contributed by atoms with E-state index in [1.54, 1.807) is 7.11 Å². The number of carbonyl (C=O) groups excluding carboxylic acids is 1. The van der Waals surface area contributed by atoms with Crippen LogP contribution in [-0.2, 0) is 14.3 Å². The monoisotopic (exact) mass is 148 g/mol. The van der Waals surface area contributed by atoms with Gasteiger partial charge >= 0.3 is 0 Å². The summed E-state index contributed by atoms with van der Waals surface area (Å²) in [6.07, 6.45) is 0.718. The Kier molecular flexibility index (Phi) is 14.5. The molecule has 0 aromatic heterocycles. The van der Waals surface area contributed by atoms with Crippen LogP contribution in [0.1, 0.15) is 0 Å². The lowest BCUT2D eigenvalue weighted by atomic mass is 10.7. The summed E-state index contributed by atoms with van der Waals surface area (Å²) in [6, 6.07) is 0. The van der Waals surface area contributed by atoms with Gasteiger partial charge in [0.25, 0.3) is 0 Å². The van der Waals surface area contributed by atoms with E-state index in [-0.39, 0.29) is 24.0 Å². The van der Waals surface area contributed by atoms with Crippen LogP contribution in [0, 0.1) is 0 Å². The fourth-order valence-electron chi connectivity index (χ4n) is 0.274. The Morgan fingerprint density at radius 2 is 2.11 bits per heavy atom. The Morgan fingerprint density at radius 3 is 2.56 bits per heavy atom. The lowest BCUT2D eigenvalue weighted by Gasteiger charge is -1.95. The Morgan fingerprint density at radius 1 is 1.44 bits per heavy atom. The number of carbonyl (C=O) groups is 1. The molecule has 0 heterocycles. The first-order chi connectivity index (χ1) is 3.91. The van der Waals surface area contributed by atoms with Gasteiger partial charge in [-0.15, -0.1) is 0 Å². The van der Waals surface area contributed by atoms with Gasteiger partial charge in [-0.1, -0.05) is 0 Å². The third kappa shape index (κ3) is 11.6. The molecule has 0 bridgehead atoms. The number of aldehydes is 1. The number of methoxy groups -OCH3 is 1. The van der Waals surface area contributed by atoms with Crippen molar-refractivity contribution in [1.82, 2.24) is 0 Å². The molecule has 54 valence electrons. The molecule has 0 rings (SSSR count). The van der Waals surface area contributed by atoms with Crippen molar-refractivity contribution in [3.8, 4) is 0 Å². The summed E-state index contributed by atoms with van der Waals surface area (Å²) in [4.78, 5) is 9.60. The highest BCUT2D eigenvalue weighted by atomic mass is 27.0. The molecule has 0 unspecified atom stereocenters. The van der Waals surface area contributed by atoms with E-state index in [0.717, 1.165) is 6.29 Å². The molecule has 0 aliphatic rings. The van der Waals surface area contributed by atoms with Gasteiger partial charge in [0, 0.05) is 7.11 Å². The van der Waals surface area contributed by atoms with Crippen LogP contribution in [-0.4, -0.2) is 50.6 Å². The standard InChI is InChI=1S/C5H10O3.Al.3H/c1-7-4-5-8-3-2-6;;;;/h2H,3-5H2,1H3;;;;. The van der Waals surface area contributed by atoms with Crippen molar-refractivity contribution in [1.29, 1.82) is 0 Å². The van der Waals surface area contributed by atoms with E-state index < -0.39 is 0 Å². The molecule has 0 saturated heterocycles. The van der Waals surface area contributed by atoms with E-state index in [2.05, 4.69) is 4.74 Å². The van der Waals surface area contributed by atoms with Crippen LogP contribution in [0.2, 0.25) is 0 Å². The van der Waals surface area contributed by atoms with Gasteiger partial charge in [0.1, 0.15) is 12.9 Å². The molecule has 0 aromatic rings. The first-order valence-electron chi connectivity index (χ1n) is 2.42. The fraction of sp³-hybridized carbons (Fsp3) is 0.800. The summed E-state index contributed by atoms with van der Waals surface area (Å²) in [5, 5.41) is 0. The van der Waals surface area contributed by atoms with E-state index in [0.29, 0.717) is 13.2 Å². The molecule has 3 nitrogen and oxygen atoms in total. The molecular weight excluding hydrogens is 135 g/mol. The van der Waals surface area contributed by atoms with E-state index in [4.69, 9.17) is 4.74 Å². The summed E-state index contributed by atoms with van der Waals surface area (Å²) >= 11 is 0. The van der Waals surface area contributed by atoms with Crippen LogP contribution < -0.4 is 0 Å². The SMILES string of the molecule is COCCOCC=O.[AlH3]. The van der Waals surface area contributed by atoms with E-state index >= 15 is 0 Å². The van der Waals surface area contributed by atoms with Gasteiger partial charge in [0.2, 0.25) is 0 Å². The Bertz CT molecular complexity index is 58.2. The van der Waals surface area contributed by atoms with E-state index in [9.17, 15) is 4.79 Å². The summed E-state index contributed by atoms with van der Waals surface area (Å²) < 4.78 is 9.38. The van der Waals surface area contributed by atoms with Crippen LogP contribution in [0.3, 0.4) is 0 Å². The lowest BCUT2D eigenvalue weighted by Crippen LogP contribution is -2.02. The molecule has 0 spiro atoms. The molecule has 0 fully saturated rings. The lowest BCUT2D eigenvalue weighted by molar-refractivity contribution is -0.112. The van der Waals surface area contributed by atoms with Crippen molar-refractivity contribution in [3.05, 3.63) is 0 Å². The second-order valence-corrected chi connectivity index (χ2v) is 1.23. The van der Waals surface area contributed by atoms with Gasteiger partial charge in [-0.25, -0.2) is 0 Å². The first-order valence-corrected chi connectivity index (χ1v) is 2.42. The average molecular weight is 148 g/mol. The second-order valence-electron chi connectivity index (χ2n) is 1.23. The number of hydrogen-bond donors (Lipinski definition) is 0. The molecule has 0 radical (unpaired) electrons. The van der Waals surface area contributed by atoms with Crippen LogP contribution in [0.25, 0.3) is 0 Å². The molecule has 0 aromatic carbocycles. The van der Waals surface area contributed by atoms with Crippen molar-refractivity contribution in [2.45, 2.75) is 0 Å². The van der Waals surface area contributed by atoms with Gasteiger partial charge in [-0.05, 0) is 0 Å². The largest absolute Gasteiger partial charge is 0.382 e. The summed E-state index contributed by atoms with van der Waals surface area (Å²) in [5.41, 5.74) is 0. The van der Waals surface area contributed by atoms with Crippen LogP contribution in [0.15, 0.2) is 0 Å². The third-order valence-corrected chi connectivity index (χ3v) is 0.618. The van der Waals surface area contributed by atoms with Crippen molar-refractivity contribution < 1.29 is 14.3 Å². The Hall–Kier alpha value is 0.122. The molecule has 0 aliphatic carbocycles. The van der Waals surface area contributed by atoms with Gasteiger partial charge in [-0.3, -0.25) is 0 Å². The zero-order valence-electron chi connectivity index (χ0n) is 4.92. The van der Waals surface area contributed by atoms with Gasteiger partial charge in [0.05, 0.1) is 13.2 Å². The molecular formula is C5H13AlO3. The van der Waals surface area contributed by atoms with Crippen LogP contribution in [0.4, 0.5) is 0 Å². The molecule has 0 saturated carbocycles. The highest BCUT2D eigenvalue weighted by Crippen LogP contribution is 1.70. The zero-order valence-corrected chi connectivity index (χ0v) is 4.92. The van der Waals surface area contributed by atoms with Crippen molar-refractivity contribution >= 4 is 23.6 Å². The Labute approximate surface area is 65.5 Å². The third-order valence-electron chi connectivity index (χ3n) is 0.618. The van der Waals surface area contributed by atoms with Gasteiger partial charge in [0.15, 0.2) is 17.4 Å². The van der Waals surface area contributed by atoms with E-state index in [1.807, 2.05) is 0 Å². The van der Waals surface area contributed by atoms with E-state index in [1.165, 1.54) is 0 Å². The molecule has 9 heavy (non-hydrogen) atoms. The predicted molar refractivity (Wildman–Crippen MR) is 38.7 cm³/mol. The number of ether oxygens (including phenoxy) is 2. The molecule has 0 amide bonds. The molecule has 4 heteroatoms. The smallest absolute Gasteiger partial charge is 0.187 e. The maximum absolute atomic E-state index is 9.60. The highest BCUT2D eigenvalue weighted by Gasteiger charge is 1.81. The van der Waals surface area contributed by atoms with Crippen LogP contribution >= 0.6 is 0 Å². The summed E-state index contributed by atoms with van der Waals surface area (Å²) in [5.74, 6) is 0. The maximum Gasteiger partial charge on any atom is 0.187 e. The first kappa shape index (κ1) is 11.9. The average Bonchev–Trinajstić information content (AvgIpc) is 1.81. The topological polar surface area (TPSA) is 35.5 Å². The minimum atomic E-state index is 0. The van der Waals surface area contributed by atoms with Crippen molar-refractivity contribution in [2.24, 2.45) is 0 Å². The Balaban J connectivity index is 0. The predicted octanol–water partition coefficient (Wildman–Crippen LogP) is -1.34. The fourth-order valence-corrected chi connectivity index (χ4v) is 0.274. The van der Waals surface area contributed by atoms with Gasteiger partial charge in [-0.2, -0.15) is 0 Å². The molecule has 0 atom stereocenters. The second kappa shape index (κ2) is 11.0. The number of rotatable bonds is 5. The maximum atomic E-state index is 9.60. The summed E-state index contributed by atoms with van der Waals surface area (Å²) in [6.45, 7) is 1.21. The van der Waals surface area contributed by atoms with Crippen LogP contribution in [0.5, 0.6) is 0 Å². The molecule has 0 aliphatic heterocycles. The molecule has 0 N–H and O–H groups in total. The quantitative estimate of drug-likeness (QED) is 0.275. The minimum absolute atomic E-state index is 0.